The normalized spacial score (nSPS) is 16.8. The lowest BCUT2D eigenvalue weighted by molar-refractivity contribution is 0.1000. The number of anilines is 1. The maximum atomic E-state index is 11.1. The molecule has 0 aliphatic carbocycles. The Morgan fingerprint density at radius 2 is 1.62 bits per heavy atom. The minimum atomic E-state index is -0.451. The number of nitrogens with two attached hydrogens (primary N) is 1. The molecule has 1 aliphatic rings. The number of piperazine rings is 1. The van der Waals surface area contributed by atoms with Gasteiger partial charge in [0, 0.05) is 44.0 Å². The fourth-order valence-electron chi connectivity index (χ4n) is 3.05. The third kappa shape index (κ3) is 3.93. The molecule has 3 rings (SSSR count). The number of hydrogen-bond acceptors (Lipinski definition) is 4. The number of carbonyl (C=O) groups excluding carboxylic acids is 1. The van der Waals surface area contributed by atoms with E-state index in [1.165, 1.54) is 0 Å². The first-order valence-electron chi connectivity index (χ1n) is 8.23. The van der Waals surface area contributed by atoms with Gasteiger partial charge in [0.1, 0.15) is 0 Å². The molecule has 2 aromatic rings. The fourth-order valence-corrected chi connectivity index (χ4v) is 3.05. The van der Waals surface area contributed by atoms with Gasteiger partial charge in [-0.25, -0.2) is 0 Å². The zero-order valence-electron chi connectivity index (χ0n) is 13.6. The summed E-state index contributed by atoms with van der Waals surface area (Å²) in [6, 6.07) is 17.2. The summed E-state index contributed by atoms with van der Waals surface area (Å²) in [7, 11) is 0. The highest BCUT2D eigenvalue weighted by molar-refractivity contribution is 5.93. The first-order valence-corrected chi connectivity index (χ1v) is 8.23. The number of primary amides is 1. The smallest absolute Gasteiger partial charge is 0.248 e. The van der Waals surface area contributed by atoms with Gasteiger partial charge in [-0.05, 0) is 29.8 Å². The van der Waals surface area contributed by atoms with Crippen molar-refractivity contribution >= 4 is 11.6 Å². The van der Waals surface area contributed by atoms with E-state index in [-0.39, 0.29) is 0 Å². The Hall–Kier alpha value is -2.37. The maximum Gasteiger partial charge on any atom is 0.248 e. The van der Waals surface area contributed by atoms with E-state index in [9.17, 15) is 9.90 Å². The molecule has 0 bridgehead atoms. The standard InChI is InChI=1S/C19H23N3O2/c20-19(24)16-6-8-17(9-7-16)22-12-10-21(11-13-22)14-18(23)15-4-2-1-3-5-15/h1-9,18,23H,10-14H2,(H2,20,24)/t18-/m1/s1. The molecule has 0 aromatic heterocycles. The van der Waals surface area contributed by atoms with Crippen molar-refractivity contribution in [3.63, 3.8) is 0 Å². The molecular formula is C19H23N3O2. The van der Waals surface area contributed by atoms with Crippen molar-refractivity contribution < 1.29 is 9.90 Å². The summed E-state index contributed by atoms with van der Waals surface area (Å²) in [5, 5.41) is 10.3. The van der Waals surface area contributed by atoms with Crippen LogP contribution in [0.4, 0.5) is 5.69 Å². The third-order valence-electron chi connectivity index (χ3n) is 4.50. The number of rotatable bonds is 5. The van der Waals surface area contributed by atoms with Crippen molar-refractivity contribution in [1.29, 1.82) is 0 Å². The van der Waals surface area contributed by atoms with Crippen molar-refractivity contribution in [2.45, 2.75) is 6.10 Å². The number of benzene rings is 2. The Balaban J connectivity index is 1.53. The zero-order valence-corrected chi connectivity index (χ0v) is 13.6. The Morgan fingerprint density at radius 3 is 2.21 bits per heavy atom. The highest BCUT2D eigenvalue weighted by Gasteiger charge is 2.20. The summed E-state index contributed by atoms with van der Waals surface area (Å²) in [4.78, 5) is 15.7. The van der Waals surface area contributed by atoms with Crippen molar-refractivity contribution in [1.82, 2.24) is 4.90 Å². The summed E-state index contributed by atoms with van der Waals surface area (Å²) in [6.45, 7) is 4.26. The predicted octanol–water partition coefficient (Wildman–Crippen LogP) is 1.64. The fraction of sp³-hybridized carbons (Fsp3) is 0.316. The average molecular weight is 325 g/mol. The monoisotopic (exact) mass is 325 g/mol. The van der Waals surface area contributed by atoms with E-state index in [4.69, 9.17) is 5.73 Å². The maximum absolute atomic E-state index is 11.1. The quantitative estimate of drug-likeness (QED) is 0.877. The molecule has 0 radical (unpaired) electrons. The van der Waals surface area contributed by atoms with Gasteiger partial charge in [0.15, 0.2) is 0 Å². The van der Waals surface area contributed by atoms with Crippen LogP contribution in [-0.2, 0) is 0 Å². The Morgan fingerprint density at radius 1 is 1.00 bits per heavy atom. The summed E-state index contributed by atoms with van der Waals surface area (Å²) in [6.07, 6.45) is -0.451. The highest BCUT2D eigenvalue weighted by Crippen LogP contribution is 2.19. The van der Waals surface area contributed by atoms with Crippen LogP contribution < -0.4 is 10.6 Å². The summed E-state index contributed by atoms with van der Waals surface area (Å²) >= 11 is 0. The van der Waals surface area contributed by atoms with Crippen LogP contribution in [0.15, 0.2) is 54.6 Å². The molecule has 24 heavy (non-hydrogen) atoms. The molecule has 0 saturated carbocycles. The van der Waals surface area contributed by atoms with E-state index in [0.29, 0.717) is 12.1 Å². The number of carbonyl (C=O) groups is 1. The topological polar surface area (TPSA) is 69.8 Å². The number of hydrogen-bond donors (Lipinski definition) is 2. The van der Waals surface area contributed by atoms with Crippen molar-refractivity contribution in [3.05, 3.63) is 65.7 Å². The Labute approximate surface area is 142 Å². The van der Waals surface area contributed by atoms with Crippen LogP contribution in [0, 0.1) is 0 Å². The van der Waals surface area contributed by atoms with Crippen molar-refractivity contribution in [2.75, 3.05) is 37.6 Å². The van der Waals surface area contributed by atoms with Gasteiger partial charge >= 0.3 is 0 Å². The lowest BCUT2D eigenvalue weighted by atomic mass is 10.1. The molecule has 1 saturated heterocycles. The molecule has 1 heterocycles. The second-order valence-electron chi connectivity index (χ2n) is 6.13. The Bertz CT molecular complexity index is 665. The average Bonchev–Trinajstić information content (AvgIpc) is 2.63. The van der Waals surface area contributed by atoms with E-state index in [1.54, 1.807) is 12.1 Å². The zero-order chi connectivity index (χ0) is 16.9. The van der Waals surface area contributed by atoms with E-state index >= 15 is 0 Å². The van der Waals surface area contributed by atoms with Gasteiger partial charge in [0.25, 0.3) is 0 Å². The number of nitrogens with zero attached hydrogens (tertiary/aromatic N) is 2. The lowest BCUT2D eigenvalue weighted by Crippen LogP contribution is -2.47. The third-order valence-corrected chi connectivity index (χ3v) is 4.50. The highest BCUT2D eigenvalue weighted by atomic mass is 16.3. The minimum absolute atomic E-state index is 0.402. The van der Waals surface area contributed by atoms with E-state index < -0.39 is 12.0 Å². The second kappa shape index (κ2) is 7.47. The molecule has 2 aromatic carbocycles. The molecular weight excluding hydrogens is 302 g/mol. The summed E-state index contributed by atoms with van der Waals surface area (Å²) in [5.74, 6) is -0.402. The van der Waals surface area contributed by atoms with Crippen LogP contribution in [0.5, 0.6) is 0 Å². The molecule has 1 atom stereocenters. The van der Waals surface area contributed by atoms with Gasteiger partial charge < -0.3 is 15.7 Å². The molecule has 1 amide bonds. The van der Waals surface area contributed by atoms with E-state index in [2.05, 4.69) is 9.80 Å². The number of aliphatic hydroxyl groups excluding tert-OH is 1. The van der Waals surface area contributed by atoms with Crippen LogP contribution in [0.25, 0.3) is 0 Å². The molecule has 3 N–H and O–H groups in total. The van der Waals surface area contributed by atoms with Crippen LogP contribution >= 0.6 is 0 Å². The molecule has 0 unspecified atom stereocenters. The predicted molar refractivity (Wildman–Crippen MR) is 95.0 cm³/mol. The van der Waals surface area contributed by atoms with E-state index in [0.717, 1.165) is 37.4 Å². The van der Waals surface area contributed by atoms with Gasteiger partial charge in [-0.2, -0.15) is 0 Å². The van der Waals surface area contributed by atoms with Gasteiger partial charge in [-0.1, -0.05) is 30.3 Å². The van der Waals surface area contributed by atoms with E-state index in [1.807, 2.05) is 42.5 Å². The summed E-state index contributed by atoms with van der Waals surface area (Å²) in [5.41, 5.74) is 7.86. The lowest BCUT2D eigenvalue weighted by Gasteiger charge is -2.37. The molecule has 126 valence electrons. The van der Waals surface area contributed by atoms with Gasteiger partial charge in [-0.3, -0.25) is 9.69 Å². The minimum Gasteiger partial charge on any atom is -0.387 e. The second-order valence-corrected chi connectivity index (χ2v) is 6.13. The molecule has 0 spiro atoms. The SMILES string of the molecule is NC(=O)c1ccc(N2CCN(C[C@@H](O)c3ccccc3)CC2)cc1. The number of β-amino-alcohol motifs (C(OH)–C–C–N with tert-alkyl or cyclic N) is 1. The van der Waals surface area contributed by atoms with Crippen LogP contribution in [-0.4, -0.2) is 48.6 Å². The molecule has 5 heteroatoms. The largest absolute Gasteiger partial charge is 0.387 e. The molecule has 5 nitrogen and oxygen atoms in total. The van der Waals surface area contributed by atoms with Crippen molar-refractivity contribution in [3.8, 4) is 0 Å². The summed E-state index contributed by atoms with van der Waals surface area (Å²) < 4.78 is 0. The van der Waals surface area contributed by atoms with Crippen LogP contribution in [0.1, 0.15) is 22.0 Å². The Kier molecular flexibility index (Phi) is 5.13. The molecule has 1 aliphatic heterocycles. The van der Waals surface area contributed by atoms with Crippen LogP contribution in [0.3, 0.4) is 0 Å². The van der Waals surface area contributed by atoms with Gasteiger partial charge in [0.05, 0.1) is 6.10 Å². The van der Waals surface area contributed by atoms with Crippen molar-refractivity contribution in [2.24, 2.45) is 5.73 Å². The van der Waals surface area contributed by atoms with Crippen LogP contribution in [0.2, 0.25) is 0 Å². The van der Waals surface area contributed by atoms with Gasteiger partial charge in [-0.15, -0.1) is 0 Å². The first kappa shape index (κ1) is 16.5. The number of amides is 1. The molecule has 1 fully saturated rings. The number of aliphatic hydroxyl groups is 1. The van der Waals surface area contributed by atoms with Gasteiger partial charge in [0.2, 0.25) is 5.91 Å². The first-order chi connectivity index (χ1) is 11.6.